The summed E-state index contributed by atoms with van der Waals surface area (Å²) in [6.07, 6.45) is 0.797. The van der Waals surface area contributed by atoms with Gasteiger partial charge in [0, 0.05) is 17.0 Å². The van der Waals surface area contributed by atoms with Crippen LogP contribution in [0.1, 0.15) is 36.2 Å². The van der Waals surface area contributed by atoms with Gasteiger partial charge in [0.05, 0.1) is 6.10 Å². The number of nitrogens with one attached hydrogen (secondary N) is 2. The molecule has 2 amide bonds. The highest BCUT2D eigenvalue weighted by atomic mass is 35.5. The molecule has 0 bridgehead atoms. The van der Waals surface area contributed by atoms with Crippen LogP contribution in [0, 0.1) is 0 Å². The van der Waals surface area contributed by atoms with E-state index in [1.807, 2.05) is 32.0 Å². The Bertz CT molecular complexity index is 730. The summed E-state index contributed by atoms with van der Waals surface area (Å²) >= 11 is 6.05. The zero-order valence-corrected chi connectivity index (χ0v) is 15.0. The van der Waals surface area contributed by atoms with Crippen LogP contribution in [0.3, 0.4) is 0 Å². The van der Waals surface area contributed by atoms with Gasteiger partial charge in [-0.05, 0) is 56.2 Å². The Morgan fingerprint density at radius 1 is 1.04 bits per heavy atom. The van der Waals surface area contributed by atoms with Crippen molar-refractivity contribution in [1.29, 1.82) is 0 Å². The van der Waals surface area contributed by atoms with Gasteiger partial charge in [-0.25, -0.2) is 0 Å². The van der Waals surface area contributed by atoms with Gasteiger partial charge in [0.2, 0.25) is 5.91 Å². The zero-order valence-electron chi connectivity index (χ0n) is 14.2. The number of hydrazine groups is 1. The Balaban J connectivity index is 1.79. The van der Waals surface area contributed by atoms with E-state index in [0.29, 0.717) is 22.8 Å². The van der Waals surface area contributed by atoms with Gasteiger partial charge >= 0.3 is 0 Å². The number of carbonyl (C=O) groups is 2. The van der Waals surface area contributed by atoms with Gasteiger partial charge in [-0.1, -0.05) is 29.8 Å². The number of hydrogen-bond donors (Lipinski definition) is 2. The Kier molecular flexibility index (Phi) is 6.83. The van der Waals surface area contributed by atoms with Crippen LogP contribution in [0.4, 0.5) is 0 Å². The molecular formula is C19H21ClN2O3. The number of ether oxygens (including phenoxy) is 1. The van der Waals surface area contributed by atoms with Crippen LogP contribution in [0.25, 0.3) is 0 Å². The van der Waals surface area contributed by atoms with E-state index in [-0.39, 0.29) is 24.3 Å². The van der Waals surface area contributed by atoms with Crippen LogP contribution < -0.4 is 15.6 Å². The van der Waals surface area contributed by atoms with Gasteiger partial charge in [0.15, 0.2) is 0 Å². The third-order valence-electron chi connectivity index (χ3n) is 3.38. The van der Waals surface area contributed by atoms with Crippen LogP contribution in [0.2, 0.25) is 5.02 Å². The lowest BCUT2D eigenvalue weighted by atomic mass is 10.1. The van der Waals surface area contributed by atoms with Crippen molar-refractivity contribution in [2.45, 2.75) is 32.8 Å². The van der Waals surface area contributed by atoms with Crippen LogP contribution in [-0.2, 0) is 11.2 Å². The second-order valence-electron chi connectivity index (χ2n) is 5.78. The van der Waals surface area contributed by atoms with Crippen molar-refractivity contribution in [2.75, 3.05) is 0 Å². The fraction of sp³-hybridized carbons (Fsp3) is 0.263. The maximum absolute atomic E-state index is 12.0. The number of benzene rings is 2. The van der Waals surface area contributed by atoms with Crippen molar-refractivity contribution in [3.63, 3.8) is 0 Å². The van der Waals surface area contributed by atoms with Gasteiger partial charge in [0.25, 0.3) is 5.91 Å². The van der Waals surface area contributed by atoms with E-state index < -0.39 is 0 Å². The maximum atomic E-state index is 12.0. The molecule has 2 N–H and O–H groups in total. The molecule has 0 saturated heterocycles. The molecule has 132 valence electrons. The average molecular weight is 361 g/mol. The summed E-state index contributed by atoms with van der Waals surface area (Å²) in [5, 5.41) is 0.628. The van der Waals surface area contributed by atoms with E-state index in [4.69, 9.17) is 16.3 Å². The average Bonchev–Trinajstić information content (AvgIpc) is 2.59. The molecule has 0 aliphatic rings. The van der Waals surface area contributed by atoms with Gasteiger partial charge in [0.1, 0.15) is 5.75 Å². The first-order chi connectivity index (χ1) is 12.0. The third-order valence-corrected chi connectivity index (χ3v) is 3.75. The van der Waals surface area contributed by atoms with E-state index in [1.54, 1.807) is 30.3 Å². The largest absolute Gasteiger partial charge is 0.491 e. The monoisotopic (exact) mass is 360 g/mol. The number of hydrogen-bond acceptors (Lipinski definition) is 3. The smallest absolute Gasteiger partial charge is 0.269 e. The zero-order chi connectivity index (χ0) is 18.2. The van der Waals surface area contributed by atoms with Crippen molar-refractivity contribution in [2.24, 2.45) is 0 Å². The number of halogens is 1. The maximum Gasteiger partial charge on any atom is 0.269 e. The third kappa shape index (κ3) is 6.12. The van der Waals surface area contributed by atoms with Gasteiger partial charge in [-0.3, -0.25) is 20.4 Å². The molecule has 0 aliphatic heterocycles. The molecule has 2 aromatic rings. The van der Waals surface area contributed by atoms with Gasteiger partial charge < -0.3 is 4.74 Å². The summed E-state index contributed by atoms with van der Waals surface area (Å²) in [5.74, 6) is 0.0190. The predicted octanol–water partition coefficient (Wildman–Crippen LogP) is 3.52. The van der Waals surface area contributed by atoms with Crippen molar-refractivity contribution < 1.29 is 14.3 Å². The lowest BCUT2D eigenvalue weighted by molar-refractivity contribution is -0.121. The highest BCUT2D eigenvalue weighted by molar-refractivity contribution is 6.31. The number of rotatable bonds is 6. The molecule has 6 heteroatoms. The standard InChI is InChI=1S/C19H21ClN2O3/c1-13(2)25-16-10-7-15(8-11-16)19(24)22-21-18(23)12-9-14-5-3-4-6-17(14)20/h3-8,10-11,13H,9,12H2,1-2H3,(H,21,23)(H,22,24). The van der Waals surface area contributed by atoms with E-state index in [9.17, 15) is 9.59 Å². The molecule has 2 aromatic carbocycles. The van der Waals surface area contributed by atoms with Crippen LogP contribution >= 0.6 is 11.6 Å². The van der Waals surface area contributed by atoms with E-state index in [1.165, 1.54) is 0 Å². The summed E-state index contributed by atoms with van der Waals surface area (Å²) < 4.78 is 5.52. The second-order valence-corrected chi connectivity index (χ2v) is 6.19. The van der Waals surface area contributed by atoms with Crippen molar-refractivity contribution in [3.05, 3.63) is 64.7 Å². The Morgan fingerprint density at radius 2 is 1.72 bits per heavy atom. The minimum absolute atomic E-state index is 0.0667. The molecule has 0 fully saturated rings. The highest BCUT2D eigenvalue weighted by Crippen LogP contribution is 2.16. The lowest BCUT2D eigenvalue weighted by Crippen LogP contribution is -2.41. The first-order valence-corrected chi connectivity index (χ1v) is 8.43. The van der Waals surface area contributed by atoms with E-state index in [0.717, 1.165) is 5.56 Å². The van der Waals surface area contributed by atoms with E-state index >= 15 is 0 Å². The fourth-order valence-corrected chi connectivity index (χ4v) is 2.40. The minimum Gasteiger partial charge on any atom is -0.491 e. The fourth-order valence-electron chi connectivity index (χ4n) is 2.17. The molecule has 2 rings (SSSR count). The highest BCUT2D eigenvalue weighted by Gasteiger charge is 2.09. The molecule has 0 unspecified atom stereocenters. The van der Waals surface area contributed by atoms with Gasteiger partial charge in [-0.2, -0.15) is 0 Å². The minimum atomic E-state index is -0.387. The Hall–Kier alpha value is -2.53. The normalized spacial score (nSPS) is 10.4. The first kappa shape index (κ1) is 18.8. The van der Waals surface area contributed by atoms with E-state index in [2.05, 4.69) is 10.9 Å². The number of amides is 2. The topological polar surface area (TPSA) is 67.4 Å². The first-order valence-electron chi connectivity index (χ1n) is 8.05. The molecule has 0 radical (unpaired) electrons. The van der Waals surface area contributed by atoms with Crippen molar-refractivity contribution in [1.82, 2.24) is 10.9 Å². The lowest BCUT2D eigenvalue weighted by Gasteiger charge is -2.11. The SMILES string of the molecule is CC(C)Oc1ccc(C(=O)NNC(=O)CCc2ccccc2Cl)cc1. The molecule has 0 aliphatic carbocycles. The predicted molar refractivity (Wildman–Crippen MR) is 97.6 cm³/mol. The Morgan fingerprint density at radius 3 is 2.36 bits per heavy atom. The van der Waals surface area contributed by atoms with Crippen molar-refractivity contribution in [3.8, 4) is 5.75 Å². The molecule has 0 heterocycles. The van der Waals surface area contributed by atoms with Gasteiger partial charge in [-0.15, -0.1) is 0 Å². The summed E-state index contributed by atoms with van der Waals surface area (Å²) in [6.45, 7) is 3.86. The molecule has 5 nitrogen and oxygen atoms in total. The molecule has 25 heavy (non-hydrogen) atoms. The van der Waals surface area contributed by atoms with Crippen LogP contribution in [-0.4, -0.2) is 17.9 Å². The van der Waals surface area contributed by atoms with Crippen molar-refractivity contribution >= 4 is 23.4 Å². The quantitative estimate of drug-likeness (QED) is 0.774. The summed E-state index contributed by atoms with van der Waals surface area (Å²) in [5.41, 5.74) is 6.13. The molecule has 0 aromatic heterocycles. The summed E-state index contributed by atoms with van der Waals surface area (Å²) in [7, 11) is 0. The molecular weight excluding hydrogens is 340 g/mol. The van der Waals surface area contributed by atoms with Crippen LogP contribution in [0.15, 0.2) is 48.5 Å². The summed E-state index contributed by atoms with van der Waals surface area (Å²) in [4.78, 5) is 23.9. The molecule has 0 spiro atoms. The number of carbonyl (C=O) groups excluding carboxylic acids is 2. The summed E-state index contributed by atoms with van der Waals surface area (Å²) in [6, 6.07) is 14.1. The number of aryl methyl sites for hydroxylation is 1. The van der Waals surface area contributed by atoms with Crippen LogP contribution in [0.5, 0.6) is 5.75 Å². The Labute approximate surface area is 152 Å². The second kappa shape index (κ2) is 9.08. The molecule has 0 saturated carbocycles. The molecule has 0 atom stereocenters.